The lowest BCUT2D eigenvalue weighted by Gasteiger charge is -2.40. The van der Waals surface area contributed by atoms with Crippen molar-refractivity contribution in [3.8, 4) is 0 Å². The molecule has 0 spiro atoms. The molecule has 0 saturated carbocycles. The zero-order valence-electron chi connectivity index (χ0n) is 14.5. The van der Waals surface area contributed by atoms with E-state index < -0.39 is 0 Å². The lowest BCUT2D eigenvalue weighted by molar-refractivity contribution is 0.476. The second kappa shape index (κ2) is 4.35. The summed E-state index contributed by atoms with van der Waals surface area (Å²) in [6.07, 6.45) is 2.48. The highest BCUT2D eigenvalue weighted by Gasteiger charge is 2.47. The third-order valence-corrected chi connectivity index (χ3v) is 4.98. The minimum atomic E-state index is 0.236. The maximum atomic E-state index is 2.48. The van der Waals surface area contributed by atoms with Gasteiger partial charge in [-0.25, -0.2) is 0 Å². The summed E-state index contributed by atoms with van der Waals surface area (Å²) in [5.41, 5.74) is 8.30. The van der Waals surface area contributed by atoms with Gasteiger partial charge in [-0.1, -0.05) is 78.8 Å². The molecule has 1 aromatic carbocycles. The predicted octanol–water partition coefficient (Wildman–Crippen LogP) is 6.00. The molecule has 0 N–H and O–H groups in total. The molecule has 2 bridgehead atoms. The first-order valence-corrected chi connectivity index (χ1v) is 8.18. The van der Waals surface area contributed by atoms with Gasteiger partial charge in [-0.15, -0.1) is 0 Å². The third kappa shape index (κ3) is 2.20. The second-order valence-corrected chi connectivity index (χ2v) is 8.80. The Balaban J connectivity index is 1.95. The molecule has 0 heterocycles. The minimum Gasteiger partial charge on any atom is -0.0731 e. The number of rotatable bonds is 1. The normalized spacial score (nSPS) is 25.0. The Morgan fingerprint density at radius 3 is 1.76 bits per heavy atom. The van der Waals surface area contributed by atoms with Gasteiger partial charge in [0.25, 0.3) is 0 Å². The average Bonchev–Trinajstić information content (AvgIpc) is 2.81. The molecule has 0 nitrogen and oxygen atoms in total. The SMILES string of the molecule is CC1C=C2C(C(C)(C)C)=C1C2c1ccc(C(C)(C)C)cc1. The highest BCUT2D eigenvalue weighted by molar-refractivity contribution is 5.68. The van der Waals surface area contributed by atoms with E-state index in [0.717, 1.165) is 0 Å². The van der Waals surface area contributed by atoms with Crippen molar-refractivity contribution >= 4 is 0 Å². The molecule has 112 valence electrons. The smallest absolute Gasteiger partial charge is 0.0310 e. The van der Waals surface area contributed by atoms with Crippen LogP contribution in [0.1, 0.15) is 65.5 Å². The van der Waals surface area contributed by atoms with Crippen LogP contribution in [0.15, 0.2) is 47.1 Å². The van der Waals surface area contributed by atoms with Gasteiger partial charge in [-0.3, -0.25) is 0 Å². The predicted molar refractivity (Wildman–Crippen MR) is 91.6 cm³/mol. The Hall–Kier alpha value is -1.30. The van der Waals surface area contributed by atoms with Crippen molar-refractivity contribution < 1.29 is 0 Å². The van der Waals surface area contributed by atoms with E-state index in [1.807, 2.05) is 0 Å². The molecule has 0 aromatic heterocycles. The van der Waals surface area contributed by atoms with Crippen LogP contribution in [0, 0.1) is 11.3 Å². The van der Waals surface area contributed by atoms with Crippen molar-refractivity contribution in [3.63, 3.8) is 0 Å². The zero-order chi connectivity index (χ0) is 15.6. The summed E-state index contributed by atoms with van der Waals surface area (Å²) in [5.74, 6) is 1.20. The third-order valence-electron chi connectivity index (χ3n) is 4.98. The first-order valence-electron chi connectivity index (χ1n) is 8.18. The summed E-state index contributed by atoms with van der Waals surface area (Å²) < 4.78 is 0. The summed E-state index contributed by atoms with van der Waals surface area (Å²) in [6.45, 7) is 16.2. The first kappa shape index (κ1) is 14.6. The van der Waals surface area contributed by atoms with Crippen molar-refractivity contribution in [1.29, 1.82) is 0 Å². The quantitative estimate of drug-likeness (QED) is 0.592. The average molecular weight is 280 g/mol. The van der Waals surface area contributed by atoms with Crippen molar-refractivity contribution in [2.24, 2.45) is 11.3 Å². The Morgan fingerprint density at radius 2 is 1.38 bits per heavy atom. The van der Waals surface area contributed by atoms with Gasteiger partial charge in [-0.05, 0) is 44.6 Å². The largest absolute Gasteiger partial charge is 0.0731 e. The van der Waals surface area contributed by atoms with Gasteiger partial charge in [0.1, 0.15) is 0 Å². The molecule has 1 aromatic rings. The highest BCUT2D eigenvalue weighted by Crippen LogP contribution is 2.61. The van der Waals surface area contributed by atoms with Gasteiger partial charge in [0.15, 0.2) is 0 Å². The molecule has 3 aliphatic carbocycles. The maximum Gasteiger partial charge on any atom is 0.0310 e. The molecule has 4 rings (SSSR count). The lowest BCUT2D eigenvalue weighted by atomic mass is 9.64. The molecule has 0 amide bonds. The fraction of sp³-hybridized carbons (Fsp3) is 0.524. The Bertz CT molecular complexity index is 624. The molecule has 0 radical (unpaired) electrons. The van der Waals surface area contributed by atoms with Gasteiger partial charge in [0.2, 0.25) is 0 Å². The van der Waals surface area contributed by atoms with E-state index in [4.69, 9.17) is 0 Å². The zero-order valence-corrected chi connectivity index (χ0v) is 14.5. The first-order chi connectivity index (χ1) is 9.60. The Kier molecular flexibility index (Phi) is 3.03. The van der Waals surface area contributed by atoms with E-state index in [1.54, 1.807) is 16.7 Å². The lowest BCUT2D eigenvalue weighted by Crippen LogP contribution is -2.26. The summed E-state index contributed by atoms with van der Waals surface area (Å²) in [7, 11) is 0. The minimum absolute atomic E-state index is 0.236. The summed E-state index contributed by atoms with van der Waals surface area (Å²) in [5, 5.41) is 0. The van der Waals surface area contributed by atoms with E-state index in [2.05, 4.69) is 78.8 Å². The van der Waals surface area contributed by atoms with Crippen molar-refractivity contribution in [2.75, 3.05) is 0 Å². The van der Waals surface area contributed by atoms with Crippen LogP contribution in [-0.4, -0.2) is 0 Å². The van der Waals surface area contributed by atoms with Crippen LogP contribution in [0.5, 0.6) is 0 Å². The number of allylic oxidation sites excluding steroid dienone is 4. The molecule has 21 heavy (non-hydrogen) atoms. The van der Waals surface area contributed by atoms with Crippen LogP contribution in [-0.2, 0) is 5.41 Å². The van der Waals surface area contributed by atoms with Gasteiger partial charge in [0, 0.05) is 5.92 Å². The number of fused-ring (bicyclic) bond motifs is 1. The Labute approximate surface area is 130 Å². The molecule has 0 aliphatic heterocycles. The van der Waals surface area contributed by atoms with E-state index in [0.29, 0.717) is 11.8 Å². The van der Waals surface area contributed by atoms with Crippen LogP contribution < -0.4 is 0 Å². The number of hydrogen-bond acceptors (Lipinski definition) is 0. The van der Waals surface area contributed by atoms with Crippen molar-refractivity contribution in [2.45, 2.75) is 59.8 Å². The molecule has 2 atom stereocenters. The van der Waals surface area contributed by atoms with Crippen molar-refractivity contribution in [1.82, 2.24) is 0 Å². The fourth-order valence-corrected chi connectivity index (χ4v) is 3.98. The summed E-state index contributed by atoms with van der Waals surface area (Å²) in [4.78, 5) is 0. The van der Waals surface area contributed by atoms with Crippen LogP contribution in [0.25, 0.3) is 0 Å². The van der Waals surface area contributed by atoms with Gasteiger partial charge in [0.05, 0.1) is 0 Å². The van der Waals surface area contributed by atoms with Gasteiger partial charge >= 0.3 is 0 Å². The monoisotopic (exact) mass is 280 g/mol. The fourth-order valence-electron chi connectivity index (χ4n) is 3.98. The van der Waals surface area contributed by atoms with Crippen LogP contribution in [0.3, 0.4) is 0 Å². The van der Waals surface area contributed by atoms with Crippen LogP contribution in [0.4, 0.5) is 0 Å². The van der Waals surface area contributed by atoms with E-state index in [-0.39, 0.29) is 10.8 Å². The molecular formula is C21H28. The topological polar surface area (TPSA) is 0 Å². The Morgan fingerprint density at radius 1 is 0.810 bits per heavy atom. The number of benzene rings is 1. The van der Waals surface area contributed by atoms with E-state index in [1.165, 1.54) is 11.1 Å². The molecule has 3 aliphatic rings. The molecule has 0 heteroatoms. The molecule has 0 fully saturated rings. The molecule has 2 unspecified atom stereocenters. The molecular weight excluding hydrogens is 252 g/mol. The van der Waals surface area contributed by atoms with E-state index in [9.17, 15) is 0 Å². The summed E-state index contributed by atoms with van der Waals surface area (Å²) in [6, 6.07) is 9.32. The standard InChI is InChI=1S/C21H28/c1-13-12-16-18(17(13)19(16)21(5,6)7)14-8-10-15(11-9-14)20(2,3)4/h8-13,18H,1-7H3. The number of hydrogen-bond donors (Lipinski definition) is 0. The van der Waals surface area contributed by atoms with Gasteiger partial charge < -0.3 is 0 Å². The van der Waals surface area contributed by atoms with Crippen molar-refractivity contribution in [3.05, 3.63) is 58.2 Å². The highest BCUT2D eigenvalue weighted by atomic mass is 14.5. The summed E-state index contributed by atoms with van der Waals surface area (Å²) >= 11 is 0. The molecule has 0 saturated heterocycles. The van der Waals surface area contributed by atoms with Gasteiger partial charge in [-0.2, -0.15) is 0 Å². The van der Waals surface area contributed by atoms with Crippen LogP contribution >= 0.6 is 0 Å². The van der Waals surface area contributed by atoms with E-state index >= 15 is 0 Å². The second-order valence-electron chi connectivity index (χ2n) is 8.80. The van der Waals surface area contributed by atoms with Crippen LogP contribution in [0.2, 0.25) is 0 Å². The maximum absolute atomic E-state index is 2.48.